The van der Waals surface area contributed by atoms with Crippen LogP contribution in [0.15, 0.2) is 54.9 Å². The van der Waals surface area contributed by atoms with Gasteiger partial charge in [0.25, 0.3) is 0 Å². The average Bonchev–Trinajstić information content (AvgIpc) is 2.55. The molecule has 1 unspecified atom stereocenters. The Kier molecular flexibility index (Phi) is 3.75. The summed E-state index contributed by atoms with van der Waals surface area (Å²) in [5.74, 6) is -1.19. The van der Waals surface area contributed by atoms with Crippen LogP contribution in [0.1, 0.15) is 30.4 Å². The van der Waals surface area contributed by atoms with Crippen LogP contribution < -0.4 is 0 Å². The zero-order valence-corrected chi connectivity index (χ0v) is 12.0. The summed E-state index contributed by atoms with van der Waals surface area (Å²) in [6.07, 6.45) is 6.17. The first-order valence-electron chi connectivity index (χ1n) is 7.21. The Balaban J connectivity index is 1.94. The molecule has 0 saturated heterocycles. The smallest absolute Gasteiger partial charge is 0.314 e. The highest BCUT2D eigenvalue weighted by Crippen LogP contribution is 2.41. The lowest BCUT2D eigenvalue weighted by Gasteiger charge is -2.33. The molecule has 1 aliphatic carbocycles. The van der Waals surface area contributed by atoms with Gasteiger partial charge in [-0.1, -0.05) is 36.4 Å². The summed E-state index contributed by atoms with van der Waals surface area (Å²) in [4.78, 5) is 15.7. The van der Waals surface area contributed by atoms with Crippen molar-refractivity contribution in [3.8, 4) is 0 Å². The number of halogens is 1. The van der Waals surface area contributed by atoms with Gasteiger partial charge in [0.15, 0.2) is 0 Å². The maximum absolute atomic E-state index is 13.3. The van der Waals surface area contributed by atoms with Crippen LogP contribution in [0.4, 0.5) is 4.39 Å². The van der Waals surface area contributed by atoms with Crippen molar-refractivity contribution in [2.75, 3.05) is 0 Å². The van der Waals surface area contributed by atoms with E-state index >= 15 is 0 Å². The van der Waals surface area contributed by atoms with Gasteiger partial charge in [0.1, 0.15) is 5.82 Å². The lowest BCUT2D eigenvalue weighted by atomic mass is 9.69. The molecule has 112 valence electrons. The number of hydrogen-bond donors (Lipinski definition) is 1. The Hall–Kier alpha value is -2.49. The van der Waals surface area contributed by atoms with Crippen molar-refractivity contribution >= 4 is 11.5 Å². The lowest BCUT2D eigenvalue weighted by molar-refractivity contribution is -0.144. The van der Waals surface area contributed by atoms with Crippen molar-refractivity contribution in [1.29, 1.82) is 0 Å². The van der Waals surface area contributed by atoms with Crippen LogP contribution in [0.3, 0.4) is 0 Å². The number of pyridine rings is 1. The summed E-state index contributed by atoms with van der Waals surface area (Å²) in [6.45, 7) is 0. The van der Waals surface area contributed by atoms with Gasteiger partial charge in [-0.25, -0.2) is 4.39 Å². The van der Waals surface area contributed by atoms with Crippen molar-refractivity contribution in [2.45, 2.75) is 24.7 Å². The maximum Gasteiger partial charge on any atom is 0.314 e. The first-order valence-corrected chi connectivity index (χ1v) is 7.21. The van der Waals surface area contributed by atoms with Gasteiger partial charge in [0.05, 0.1) is 11.6 Å². The molecule has 1 N–H and O–H groups in total. The van der Waals surface area contributed by atoms with Crippen LogP contribution in [-0.2, 0) is 10.2 Å². The fourth-order valence-corrected chi connectivity index (χ4v) is 3.04. The second-order valence-corrected chi connectivity index (χ2v) is 5.58. The third-order valence-electron chi connectivity index (χ3n) is 4.33. The Morgan fingerprint density at radius 1 is 1.23 bits per heavy atom. The average molecular weight is 297 g/mol. The summed E-state index contributed by atoms with van der Waals surface area (Å²) in [7, 11) is 0. The predicted molar refractivity (Wildman–Crippen MR) is 81.8 cm³/mol. The van der Waals surface area contributed by atoms with Crippen LogP contribution in [0.5, 0.6) is 0 Å². The van der Waals surface area contributed by atoms with Crippen LogP contribution in [0.25, 0.3) is 5.57 Å². The second-order valence-electron chi connectivity index (χ2n) is 5.58. The number of aromatic nitrogens is 1. The van der Waals surface area contributed by atoms with Gasteiger partial charge >= 0.3 is 5.97 Å². The third-order valence-corrected chi connectivity index (χ3v) is 4.33. The Labute approximate surface area is 128 Å². The quantitative estimate of drug-likeness (QED) is 0.937. The number of allylic oxidation sites excluding steroid dienone is 2. The molecule has 1 aromatic carbocycles. The minimum Gasteiger partial charge on any atom is -0.481 e. The van der Waals surface area contributed by atoms with Crippen LogP contribution in [-0.4, -0.2) is 16.1 Å². The molecular formula is C18H16FNO2. The monoisotopic (exact) mass is 297 g/mol. The van der Waals surface area contributed by atoms with E-state index in [4.69, 9.17) is 0 Å². The SMILES string of the molecule is O=C(O)C1(c2ccccc2)CC=C(c2cncc(F)c2)CC1. The fourth-order valence-electron chi connectivity index (χ4n) is 3.04. The second kappa shape index (κ2) is 5.72. The van der Waals surface area contributed by atoms with Crippen molar-refractivity contribution in [3.63, 3.8) is 0 Å². The van der Waals surface area contributed by atoms with E-state index in [1.54, 1.807) is 6.20 Å². The Morgan fingerprint density at radius 3 is 2.59 bits per heavy atom. The number of hydrogen-bond acceptors (Lipinski definition) is 2. The molecule has 0 bridgehead atoms. The summed E-state index contributed by atoms with van der Waals surface area (Å²) in [6, 6.07) is 10.7. The summed E-state index contributed by atoms with van der Waals surface area (Å²) < 4.78 is 13.3. The van der Waals surface area contributed by atoms with Gasteiger partial charge in [0, 0.05) is 6.20 Å². The van der Waals surface area contributed by atoms with E-state index in [-0.39, 0.29) is 5.82 Å². The van der Waals surface area contributed by atoms with Crippen LogP contribution in [0.2, 0.25) is 0 Å². The molecule has 1 aromatic heterocycles. The highest BCUT2D eigenvalue weighted by Gasteiger charge is 2.41. The van der Waals surface area contributed by atoms with Crippen molar-refractivity contribution < 1.29 is 14.3 Å². The third kappa shape index (κ3) is 2.52. The normalized spacial score (nSPS) is 21.2. The minimum absolute atomic E-state index is 0.378. The molecule has 0 fully saturated rings. The molecule has 0 aliphatic heterocycles. The largest absolute Gasteiger partial charge is 0.481 e. The Morgan fingerprint density at radius 2 is 2.00 bits per heavy atom. The first kappa shape index (κ1) is 14.4. The van der Waals surface area contributed by atoms with Gasteiger partial charge in [-0.15, -0.1) is 0 Å². The van der Waals surface area contributed by atoms with Gasteiger partial charge in [-0.05, 0) is 42.0 Å². The zero-order valence-electron chi connectivity index (χ0n) is 12.0. The standard InChI is InChI=1S/C18H16FNO2/c19-16-10-14(11-20-12-16)13-6-8-18(9-7-13,17(21)22)15-4-2-1-3-5-15/h1-6,10-12H,7-9H2,(H,21,22). The van der Waals surface area contributed by atoms with E-state index in [0.29, 0.717) is 19.3 Å². The molecular weight excluding hydrogens is 281 g/mol. The highest BCUT2D eigenvalue weighted by atomic mass is 19.1. The van der Waals surface area contributed by atoms with Gasteiger partial charge in [-0.3, -0.25) is 9.78 Å². The van der Waals surface area contributed by atoms with E-state index in [2.05, 4.69) is 4.98 Å². The maximum atomic E-state index is 13.3. The number of carbonyl (C=O) groups is 1. The van der Waals surface area contributed by atoms with Crippen molar-refractivity contribution in [3.05, 3.63) is 71.8 Å². The van der Waals surface area contributed by atoms with Gasteiger partial charge < -0.3 is 5.11 Å². The van der Waals surface area contributed by atoms with Crippen LogP contribution in [0, 0.1) is 5.82 Å². The summed E-state index contributed by atoms with van der Waals surface area (Å²) >= 11 is 0. The molecule has 0 saturated carbocycles. The molecule has 2 aromatic rings. The molecule has 0 spiro atoms. The predicted octanol–water partition coefficient (Wildman–Crippen LogP) is 3.81. The van der Waals surface area contributed by atoms with Crippen LogP contribution >= 0.6 is 0 Å². The van der Waals surface area contributed by atoms with Gasteiger partial charge in [-0.2, -0.15) is 0 Å². The molecule has 1 atom stereocenters. The highest BCUT2D eigenvalue weighted by molar-refractivity contribution is 5.83. The van der Waals surface area contributed by atoms with E-state index in [1.165, 1.54) is 12.3 Å². The summed E-state index contributed by atoms with van der Waals surface area (Å²) in [5, 5.41) is 9.74. The number of aliphatic carboxylic acids is 1. The molecule has 1 heterocycles. The molecule has 4 heteroatoms. The lowest BCUT2D eigenvalue weighted by Crippen LogP contribution is -2.37. The topological polar surface area (TPSA) is 50.2 Å². The number of nitrogens with zero attached hydrogens (tertiary/aromatic N) is 1. The molecule has 3 rings (SSSR count). The first-order chi connectivity index (χ1) is 10.6. The number of carboxylic acid groups (broad SMARTS) is 1. The molecule has 0 radical (unpaired) electrons. The minimum atomic E-state index is -0.897. The molecule has 22 heavy (non-hydrogen) atoms. The van der Waals surface area contributed by atoms with E-state index < -0.39 is 11.4 Å². The number of carboxylic acids is 1. The molecule has 1 aliphatic rings. The number of benzene rings is 1. The van der Waals surface area contributed by atoms with Gasteiger partial charge in [0.2, 0.25) is 0 Å². The fraction of sp³-hybridized carbons (Fsp3) is 0.222. The molecule has 0 amide bonds. The van der Waals surface area contributed by atoms with Crippen molar-refractivity contribution in [1.82, 2.24) is 4.98 Å². The summed E-state index contributed by atoms with van der Waals surface area (Å²) in [5.41, 5.74) is 1.60. The van der Waals surface area contributed by atoms with E-state index in [1.807, 2.05) is 36.4 Å². The van der Waals surface area contributed by atoms with Crippen molar-refractivity contribution in [2.24, 2.45) is 0 Å². The number of rotatable bonds is 3. The molecule has 3 nitrogen and oxygen atoms in total. The van der Waals surface area contributed by atoms with E-state index in [0.717, 1.165) is 16.7 Å². The zero-order chi connectivity index (χ0) is 15.6. The Bertz CT molecular complexity index is 727. The van der Waals surface area contributed by atoms with E-state index in [9.17, 15) is 14.3 Å².